The van der Waals surface area contributed by atoms with Gasteiger partial charge in [0.25, 0.3) is 0 Å². The zero-order valence-corrected chi connectivity index (χ0v) is 7.88. The van der Waals surface area contributed by atoms with Crippen molar-refractivity contribution < 1.29 is 0 Å². The highest BCUT2D eigenvalue weighted by atomic mass is 14.6. The number of hydrogen-bond acceptors (Lipinski definition) is 0. The van der Waals surface area contributed by atoms with Gasteiger partial charge in [0, 0.05) is 0 Å². The number of fused-ring (bicyclic) bond motifs is 5. The Balaban J connectivity index is 2.07. The maximum absolute atomic E-state index is 2.48. The molecule has 0 N–H and O–H groups in total. The fourth-order valence-corrected chi connectivity index (χ4v) is 3.74. The van der Waals surface area contributed by atoms with Crippen molar-refractivity contribution in [3.05, 3.63) is 23.8 Å². The highest BCUT2D eigenvalue weighted by Gasteiger charge is 2.53. The van der Waals surface area contributed by atoms with Crippen LogP contribution in [0.4, 0.5) is 0 Å². The van der Waals surface area contributed by atoms with Gasteiger partial charge < -0.3 is 0 Å². The molecule has 0 unspecified atom stereocenters. The molecule has 3 rings (SSSR count). The van der Waals surface area contributed by atoms with Gasteiger partial charge in [0.1, 0.15) is 0 Å². The maximum Gasteiger partial charge on any atom is -0.0103 e. The molecule has 2 bridgehead atoms. The van der Waals surface area contributed by atoms with E-state index in [1.54, 1.807) is 5.57 Å². The van der Waals surface area contributed by atoms with Crippen LogP contribution in [0.1, 0.15) is 26.7 Å². The zero-order valence-electron chi connectivity index (χ0n) is 7.88. The number of rotatable bonds is 0. The number of allylic oxidation sites excluding steroid dienone is 4. The van der Waals surface area contributed by atoms with Crippen molar-refractivity contribution in [2.45, 2.75) is 26.7 Å². The summed E-state index contributed by atoms with van der Waals surface area (Å²) in [4.78, 5) is 0. The van der Waals surface area contributed by atoms with E-state index in [4.69, 9.17) is 0 Å². The summed E-state index contributed by atoms with van der Waals surface area (Å²) < 4.78 is 0. The van der Waals surface area contributed by atoms with Gasteiger partial charge in [-0.2, -0.15) is 0 Å². The smallest absolute Gasteiger partial charge is 0.0103 e. The summed E-state index contributed by atoms with van der Waals surface area (Å²) in [7, 11) is 0. The molecule has 4 atom stereocenters. The van der Waals surface area contributed by atoms with Crippen LogP contribution in [0.2, 0.25) is 0 Å². The molecule has 3 aliphatic rings. The van der Waals surface area contributed by atoms with Gasteiger partial charge in [-0.05, 0) is 42.9 Å². The fraction of sp³-hybridized carbons (Fsp3) is 0.667. The summed E-state index contributed by atoms with van der Waals surface area (Å²) in [6.07, 6.45) is 10.2. The Kier molecular flexibility index (Phi) is 1.08. The molecule has 1 fully saturated rings. The molecule has 0 radical (unpaired) electrons. The zero-order chi connectivity index (χ0) is 8.34. The van der Waals surface area contributed by atoms with Gasteiger partial charge in [0.05, 0.1) is 0 Å². The minimum atomic E-state index is 0.559. The van der Waals surface area contributed by atoms with Gasteiger partial charge in [-0.15, -0.1) is 0 Å². The molecule has 0 nitrogen and oxygen atoms in total. The molecule has 0 aromatic carbocycles. The van der Waals surface area contributed by atoms with Crippen LogP contribution in [0, 0.1) is 23.2 Å². The van der Waals surface area contributed by atoms with Crippen LogP contribution in [-0.2, 0) is 0 Å². The largest absolute Gasteiger partial charge is 0.0850 e. The second kappa shape index (κ2) is 1.86. The van der Waals surface area contributed by atoms with Gasteiger partial charge in [0.15, 0.2) is 0 Å². The van der Waals surface area contributed by atoms with Gasteiger partial charge in [-0.25, -0.2) is 0 Å². The minimum Gasteiger partial charge on any atom is -0.0850 e. The van der Waals surface area contributed by atoms with Crippen molar-refractivity contribution in [2.75, 3.05) is 0 Å². The van der Waals surface area contributed by atoms with Gasteiger partial charge >= 0.3 is 0 Å². The molecule has 0 aliphatic heterocycles. The average Bonchev–Trinajstić information content (AvgIpc) is 2.61. The minimum absolute atomic E-state index is 0.559. The van der Waals surface area contributed by atoms with Crippen LogP contribution in [0.15, 0.2) is 23.8 Å². The summed E-state index contributed by atoms with van der Waals surface area (Å²) in [5.41, 5.74) is 2.22. The van der Waals surface area contributed by atoms with Crippen LogP contribution >= 0.6 is 0 Å². The Bertz CT molecular complexity index is 284. The molecule has 12 heavy (non-hydrogen) atoms. The summed E-state index contributed by atoms with van der Waals surface area (Å²) in [6, 6.07) is 0. The quantitative estimate of drug-likeness (QED) is 0.477. The Morgan fingerprint density at radius 2 is 2.33 bits per heavy atom. The molecule has 3 aliphatic carbocycles. The van der Waals surface area contributed by atoms with E-state index in [-0.39, 0.29) is 0 Å². The van der Waals surface area contributed by atoms with E-state index in [9.17, 15) is 0 Å². The third kappa shape index (κ3) is 0.608. The normalized spacial score (nSPS) is 54.5. The third-order valence-corrected chi connectivity index (χ3v) is 4.36. The van der Waals surface area contributed by atoms with Crippen LogP contribution in [-0.4, -0.2) is 0 Å². The first-order valence-corrected chi connectivity index (χ1v) is 5.07. The molecule has 0 amide bonds. The predicted molar refractivity (Wildman–Crippen MR) is 50.7 cm³/mol. The van der Waals surface area contributed by atoms with Gasteiger partial charge in [-0.1, -0.05) is 30.7 Å². The highest BCUT2D eigenvalue weighted by molar-refractivity contribution is 5.30. The van der Waals surface area contributed by atoms with Crippen LogP contribution in [0.5, 0.6) is 0 Å². The molecule has 0 saturated heterocycles. The van der Waals surface area contributed by atoms with E-state index >= 15 is 0 Å². The Morgan fingerprint density at radius 1 is 1.50 bits per heavy atom. The predicted octanol–water partition coefficient (Wildman–Crippen LogP) is 3.16. The highest BCUT2D eigenvalue weighted by Crippen LogP contribution is 2.61. The summed E-state index contributed by atoms with van der Waals surface area (Å²) in [5, 5.41) is 0. The molecule has 64 valence electrons. The molecule has 0 aromatic heterocycles. The maximum atomic E-state index is 2.48. The topological polar surface area (TPSA) is 0 Å². The van der Waals surface area contributed by atoms with Crippen molar-refractivity contribution >= 4 is 0 Å². The van der Waals surface area contributed by atoms with Gasteiger partial charge in [-0.3, -0.25) is 0 Å². The molecule has 0 heterocycles. The van der Waals surface area contributed by atoms with E-state index in [2.05, 4.69) is 32.1 Å². The Morgan fingerprint density at radius 3 is 3.08 bits per heavy atom. The van der Waals surface area contributed by atoms with Crippen LogP contribution in [0.3, 0.4) is 0 Å². The van der Waals surface area contributed by atoms with E-state index in [1.165, 1.54) is 12.8 Å². The van der Waals surface area contributed by atoms with Crippen LogP contribution < -0.4 is 0 Å². The van der Waals surface area contributed by atoms with E-state index < -0.39 is 0 Å². The molecule has 1 saturated carbocycles. The van der Waals surface area contributed by atoms with Crippen molar-refractivity contribution in [1.29, 1.82) is 0 Å². The second-order valence-electron chi connectivity index (χ2n) is 5.05. The first-order chi connectivity index (χ1) is 5.71. The lowest BCUT2D eigenvalue weighted by Crippen LogP contribution is -2.22. The lowest BCUT2D eigenvalue weighted by Gasteiger charge is -2.29. The molecular weight excluding hydrogens is 144 g/mol. The first kappa shape index (κ1) is 6.94. The second-order valence-corrected chi connectivity index (χ2v) is 5.05. The van der Waals surface area contributed by atoms with Crippen LogP contribution in [0.25, 0.3) is 0 Å². The van der Waals surface area contributed by atoms with Crippen molar-refractivity contribution in [1.82, 2.24) is 0 Å². The first-order valence-electron chi connectivity index (χ1n) is 5.07. The van der Waals surface area contributed by atoms with E-state index in [0.717, 1.165) is 17.8 Å². The lowest BCUT2D eigenvalue weighted by molar-refractivity contribution is 0.283. The average molecular weight is 160 g/mol. The SMILES string of the molecule is CC1=CC[C@@H]2[C@H]1[C@@H]1C=C[C@@]2(C)C1. The monoisotopic (exact) mass is 160 g/mol. The van der Waals surface area contributed by atoms with Crippen molar-refractivity contribution in [2.24, 2.45) is 23.2 Å². The Labute approximate surface area is 74.4 Å². The summed E-state index contributed by atoms with van der Waals surface area (Å²) >= 11 is 0. The van der Waals surface area contributed by atoms with Crippen molar-refractivity contribution in [3.63, 3.8) is 0 Å². The standard InChI is InChI=1S/C12H16/c1-8-3-4-10-11(8)9-5-6-12(10,2)7-9/h3,5-6,9-11H,4,7H2,1-2H3/t9-,10-,11-,12+/m1/s1. The summed E-state index contributed by atoms with van der Waals surface area (Å²) in [5.74, 6) is 2.76. The molecule has 0 heteroatoms. The lowest BCUT2D eigenvalue weighted by atomic mass is 9.75. The molecular formula is C12H16. The van der Waals surface area contributed by atoms with Crippen molar-refractivity contribution in [3.8, 4) is 0 Å². The molecule has 0 aromatic rings. The fourth-order valence-electron chi connectivity index (χ4n) is 3.74. The summed E-state index contributed by atoms with van der Waals surface area (Å²) in [6.45, 7) is 4.77. The van der Waals surface area contributed by atoms with Gasteiger partial charge in [0.2, 0.25) is 0 Å². The molecule has 0 spiro atoms. The number of hydrogen-bond donors (Lipinski definition) is 0. The van der Waals surface area contributed by atoms with E-state index in [1.807, 2.05) is 0 Å². The van der Waals surface area contributed by atoms with E-state index in [0.29, 0.717) is 5.41 Å². The Hall–Kier alpha value is -0.520. The third-order valence-electron chi connectivity index (χ3n) is 4.36.